The molecule has 0 radical (unpaired) electrons. The fourth-order valence-corrected chi connectivity index (χ4v) is 2.11. The van der Waals surface area contributed by atoms with Gasteiger partial charge in [0.2, 0.25) is 0 Å². The van der Waals surface area contributed by atoms with Crippen molar-refractivity contribution in [1.82, 2.24) is 5.01 Å². The molecule has 84 valence electrons. The normalized spacial score (nSPS) is 27.7. The monoisotopic (exact) mass is 208 g/mol. The topological polar surface area (TPSA) is 24.8 Å². The highest BCUT2D eigenvalue weighted by Gasteiger charge is 2.17. The first-order valence-corrected chi connectivity index (χ1v) is 5.92. The molecular weight excluding hydrogens is 188 g/mol. The van der Waals surface area contributed by atoms with Crippen LogP contribution in [0.5, 0.6) is 0 Å². The van der Waals surface area contributed by atoms with Crippen molar-refractivity contribution in [1.29, 1.82) is 0 Å². The van der Waals surface area contributed by atoms with Crippen LogP contribution < -0.4 is 0 Å². The maximum atomic E-state index is 5.30. The first kappa shape index (κ1) is 10.7. The van der Waals surface area contributed by atoms with Gasteiger partial charge < -0.3 is 4.74 Å². The smallest absolute Gasteiger partial charge is 0.0503 e. The van der Waals surface area contributed by atoms with Gasteiger partial charge in [0.05, 0.1) is 13.2 Å². The van der Waals surface area contributed by atoms with Crippen molar-refractivity contribution >= 4 is 6.21 Å². The van der Waals surface area contributed by atoms with Crippen LogP contribution in [-0.2, 0) is 4.74 Å². The average molecular weight is 208 g/mol. The lowest BCUT2D eigenvalue weighted by Gasteiger charge is -2.17. The summed E-state index contributed by atoms with van der Waals surface area (Å²) in [5, 5.41) is 6.68. The minimum atomic E-state index is 0.620. The van der Waals surface area contributed by atoms with E-state index in [2.05, 4.69) is 23.1 Å². The Bertz CT molecular complexity index is 252. The minimum absolute atomic E-state index is 0.620. The van der Waals surface area contributed by atoms with Crippen molar-refractivity contribution in [2.75, 3.05) is 19.8 Å². The second kappa shape index (κ2) is 5.31. The number of hydrogen-bond acceptors (Lipinski definition) is 3. The molecule has 0 bridgehead atoms. The van der Waals surface area contributed by atoms with Crippen molar-refractivity contribution in [3.63, 3.8) is 0 Å². The summed E-state index contributed by atoms with van der Waals surface area (Å²) < 4.78 is 5.30. The van der Waals surface area contributed by atoms with E-state index in [4.69, 9.17) is 4.74 Å². The van der Waals surface area contributed by atoms with E-state index in [1.54, 1.807) is 0 Å². The van der Waals surface area contributed by atoms with E-state index in [9.17, 15) is 0 Å². The van der Waals surface area contributed by atoms with E-state index in [0.717, 1.165) is 32.6 Å². The molecule has 2 saturated heterocycles. The molecule has 2 aliphatic rings. The number of ether oxygens (including phenoxy) is 1. The van der Waals surface area contributed by atoms with Gasteiger partial charge in [-0.3, -0.25) is 5.01 Å². The molecule has 2 aliphatic heterocycles. The SMILES string of the molecule is CC1CCCN1/N=C/C=C1CCOCC1. The van der Waals surface area contributed by atoms with Gasteiger partial charge in [0, 0.05) is 18.8 Å². The van der Waals surface area contributed by atoms with Gasteiger partial charge in [0.25, 0.3) is 0 Å². The third-order valence-electron chi connectivity index (χ3n) is 3.18. The third-order valence-corrected chi connectivity index (χ3v) is 3.18. The number of allylic oxidation sites excluding steroid dienone is 1. The van der Waals surface area contributed by atoms with Crippen molar-refractivity contribution < 1.29 is 4.74 Å². The van der Waals surface area contributed by atoms with Gasteiger partial charge in [0.15, 0.2) is 0 Å². The summed E-state index contributed by atoms with van der Waals surface area (Å²) in [5.74, 6) is 0. The van der Waals surface area contributed by atoms with Crippen molar-refractivity contribution in [3.8, 4) is 0 Å². The maximum Gasteiger partial charge on any atom is 0.0503 e. The molecule has 0 N–H and O–H groups in total. The summed E-state index contributed by atoms with van der Waals surface area (Å²) in [4.78, 5) is 0. The lowest BCUT2D eigenvalue weighted by molar-refractivity contribution is 0.119. The second-order valence-electron chi connectivity index (χ2n) is 4.36. The largest absolute Gasteiger partial charge is 0.381 e. The van der Waals surface area contributed by atoms with Crippen LogP contribution in [0.15, 0.2) is 16.8 Å². The minimum Gasteiger partial charge on any atom is -0.381 e. The Balaban J connectivity index is 1.82. The van der Waals surface area contributed by atoms with Crippen LogP contribution >= 0.6 is 0 Å². The first-order chi connectivity index (χ1) is 7.36. The first-order valence-electron chi connectivity index (χ1n) is 5.92. The molecule has 0 amide bonds. The predicted molar refractivity (Wildman–Crippen MR) is 62.0 cm³/mol. The summed E-state index contributed by atoms with van der Waals surface area (Å²) in [5.41, 5.74) is 1.47. The average Bonchev–Trinajstić information content (AvgIpc) is 2.66. The summed E-state index contributed by atoms with van der Waals surface area (Å²) in [6.07, 6.45) is 8.82. The van der Waals surface area contributed by atoms with Gasteiger partial charge in [-0.1, -0.05) is 5.57 Å². The highest BCUT2D eigenvalue weighted by molar-refractivity contribution is 5.71. The molecule has 0 aromatic carbocycles. The van der Waals surface area contributed by atoms with Gasteiger partial charge >= 0.3 is 0 Å². The molecule has 0 spiro atoms. The molecule has 2 fully saturated rings. The van der Waals surface area contributed by atoms with Gasteiger partial charge in [-0.25, -0.2) is 0 Å². The maximum absolute atomic E-state index is 5.30. The van der Waals surface area contributed by atoms with E-state index in [-0.39, 0.29) is 0 Å². The summed E-state index contributed by atoms with van der Waals surface area (Å²) in [6.45, 7) is 5.11. The van der Waals surface area contributed by atoms with Gasteiger partial charge in [0.1, 0.15) is 0 Å². The summed E-state index contributed by atoms with van der Waals surface area (Å²) in [7, 11) is 0. The van der Waals surface area contributed by atoms with E-state index < -0.39 is 0 Å². The van der Waals surface area contributed by atoms with Crippen LogP contribution in [0.4, 0.5) is 0 Å². The standard InChI is InChI=1S/C12H20N2O/c1-11-3-2-8-14(11)13-7-4-12-5-9-15-10-6-12/h4,7,11H,2-3,5-6,8-10H2,1H3/b13-7+. The van der Waals surface area contributed by atoms with E-state index >= 15 is 0 Å². The summed E-state index contributed by atoms with van der Waals surface area (Å²) >= 11 is 0. The fourth-order valence-electron chi connectivity index (χ4n) is 2.11. The highest BCUT2D eigenvalue weighted by atomic mass is 16.5. The second-order valence-corrected chi connectivity index (χ2v) is 4.36. The molecule has 0 aromatic rings. The van der Waals surface area contributed by atoms with Crippen LogP contribution in [-0.4, -0.2) is 37.0 Å². The Morgan fingerprint density at radius 2 is 2.20 bits per heavy atom. The van der Waals surface area contributed by atoms with Crippen LogP contribution in [0.2, 0.25) is 0 Å². The number of hydrogen-bond donors (Lipinski definition) is 0. The zero-order valence-corrected chi connectivity index (χ0v) is 9.48. The Kier molecular flexibility index (Phi) is 3.78. The molecule has 0 saturated carbocycles. The molecule has 1 unspecified atom stereocenters. The molecule has 0 aliphatic carbocycles. The highest BCUT2D eigenvalue weighted by Crippen LogP contribution is 2.16. The Morgan fingerprint density at radius 1 is 1.40 bits per heavy atom. The number of nitrogens with zero attached hydrogens (tertiary/aromatic N) is 2. The molecule has 3 nitrogen and oxygen atoms in total. The van der Waals surface area contributed by atoms with Crippen LogP contribution in [0.3, 0.4) is 0 Å². The van der Waals surface area contributed by atoms with Gasteiger partial charge in [-0.05, 0) is 38.7 Å². The van der Waals surface area contributed by atoms with Crippen LogP contribution in [0, 0.1) is 0 Å². The predicted octanol–water partition coefficient (Wildman–Crippen LogP) is 2.19. The van der Waals surface area contributed by atoms with E-state index in [1.807, 2.05) is 6.21 Å². The molecular formula is C12H20N2O. The molecule has 0 aromatic heterocycles. The lowest BCUT2D eigenvalue weighted by atomic mass is 10.1. The quantitative estimate of drug-likeness (QED) is 0.650. The molecule has 2 rings (SSSR count). The zero-order chi connectivity index (χ0) is 10.5. The fraction of sp³-hybridized carbons (Fsp3) is 0.750. The lowest BCUT2D eigenvalue weighted by Crippen LogP contribution is -2.20. The number of rotatable bonds is 2. The van der Waals surface area contributed by atoms with Gasteiger partial charge in [-0.15, -0.1) is 0 Å². The molecule has 2 heterocycles. The Hall–Kier alpha value is -0.830. The van der Waals surface area contributed by atoms with Crippen molar-refractivity contribution in [3.05, 3.63) is 11.6 Å². The van der Waals surface area contributed by atoms with Crippen LogP contribution in [0.25, 0.3) is 0 Å². The number of hydrazone groups is 1. The van der Waals surface area contributed by atoms with Crippen LogP contribution in [0.1, 0.15) is 32.6 Å². The Morgan fingerprint density at radius 3 is 2.87 bits per heavy atom. The van der Waals surface area contributed by atoms with Crippen molar-refractivity contribution in [2.24, 2.45) is 5.10 Å². The van der Waals surface area contributed by atoms with Gasteiger partial charge in [-0.2, -0.15) is 5.10 Å². The summed E-state index contributed by atoms with van der Waals surface area (Å²) in [6, 6.07) is 0.620. The van der Waals surface area contributed by atoms with Crippen molar-refractivity contribution in [2.45, 2.75) is 38.6 Å². The molecule has 15 heavy (non-hydrogen) atoms. The zero-order valence-electron chi connectivity index (χ0n) is 9.48. The van der Waals surface area contributed by atoms with E-state index in [1.165, 1.54) is 18.4 Å². The van der Waals surface area contributed by atoms with E-state index in [0.29, 0.717) is 6.04 Å². The third kappa shape index (κ3) is 3.06. The molecule has 3 heteroatoms. The molecule has 1 atom stereocenters. The Labute approximate surface area is 91.8 Å².